The van der Waals surface area contributed by atoms with Crippen LogP contribution in [0.2, 0.25) is 0 Å². The number of fused-ring (bicyclic) bond motifs is 2. The van der Waals surface area contributed by atoms with Crippen LogP contribution in [0.4, 0.5) is 0 Å². The van der Waals surface area contributed by atoms with Crippen LogP contribution in [-0.2, 0) is 19.9 Å². The first-order valence-corrected chi connectivity index (χ1v) is 5.65. The lowest BCUT2D eigenvalue weighted by atomic mass is 10.0. The predicted octanol–water partition coefficient (Wildman–Crippen LogP) is 1.58. The molecule has 3 heteroatoms. The van der Waals surface area contributed by atoms with Crippen LogP contribution >= 0.6 is 0 Å². The van der Waals surface area contributed by atoms with Crippen molar-refractivity contribution in [2.45, 2.75) is 32.6 Å². The molecule has 2 aliphatic carbocycles. The van der Waals surface area contributed by atoms with Crippen LogP contribution in [0, 0.1) is 17.8 Å². The van der Waals surface area contributed by atoms with E-state index >= 15 is 0 Å². The van der Waals surface area contributed by atoms with Crippen molar-refractivity contribution in [3.8, 4) is 0 Å². The number of hydrogen-bond donors (Lipinski definition) is 0. The summed E-state index contributed by atoms with van der Waals surface area (Å²) in [6.07, 6.45) is 5.01. The molecule has 3 atom stereocenters. The Labute approximate surface area is 84.5 Å². The molecule has 2 aliphatic rings. The van der Waals surface area contributed by atoms with Gasteiger partial charge in [-0.15, -0.1) is 5.10 Å². The van der Waals surface area contributed by atoms with Crippen molar-refractivity contribution in [1.82, 2.24) is 15.0 Å². The van der Waals surface area contributed by atoms with Crippen molar-refractivity contribution in [1.29, 1.82) is 0 Å². The average Bonchev–Trinajstić information content (AvgIpc) is 2.58. The molecule has 0 saturated heterocycles. The molecule has 0 aliphatic heterocycles. The zero-order chi connectivity index (χ0) is 9.71. The first-order valence-electron chi connectivity index (χ1n) is 5.65. The van der Waals surface area contributed by atoms with E-state index in [9.17, 15) is 0 Å². The Morgan fingerprint density at radius 2 is 1.93 bits per heavy atom. The predicted molar refractivity (Wildman–Crippen MR) is 53.8 cm³/mol. The number of rotatable bonds is 0. The summed E-state index contributed by atoms with van der Waals surface area (Å²) < 4.78 is 1.96. The molecular formula is C11H17N3. The minimum Gasteiger partial charge on any atom is -0.252 e. The van der Waals surface area contributed by atoms with Gasteiger partial charge in [0, 0.05) is 7.05 Å². The van der Waals surface area contributed by atoms with Crippen molar-refractivity contribution in [3.63, 3.8) is 0 Å². The van der Waals surface area contributed by atoms with Gasteiger partial charge in [-0.1, -0.05) is 12.1 Å². The van der Waals surface area contributed by atoms with Crippen LogP contribution in [-0.4, -0.2) is 15.0 Å². The second-order valence-electron chi connectivity index (χ2n) is 4.87. The minimum atomic E-state index is 0.970. The number of nitrogens with zero attached hydrogens (tertiary/aromatic N) is 3. The summed E-state index contributed by atoms with van der Waals surface area (Å²) in [6.45, 7) is 2.40. The van der Waals surface area contributed by atoms with Gasteiger partial charge >= 0.3 is 0 Å². The van der Waals surface area contributed by atoms with Gasteiger partial charge in [0.05, 0.1) is 11.4 Å². The smallest absolute Gasteiger partial charge is 0.0859 e. The molecule has 3 rings (SSSR count). The second-order valence-corrected chi connectivity index (χ2v) is 4.87. The molecule has 0 spiro atoms. The summed E-state index contributed by atoms with van der Waals surface area (Å²) in [5.41, 5.74) is 2.63. The fraction of sp³-hybridized carbons (Fsp3) is 0.818. The lowest BCUT2D eigenvalue weighted by molar-refractivity contribution is 0.566. The lowest BCUT2D eigenvalue weighted by Crippen LogP contribution is -2.04. The summed E-state index contributed by atoms with van der Waals surface area (Å²) in [4.78, 5) is 0. The van der Waals surface area contributed by atoms with Crippen LogP contribution in [0.15, 0.2) is 0 Å². The van der Waals surface area contributed by atoms with E-state index in [1.54, 1.807) is 0 Å². The van der Waals surface area contributed by atoms with Crippen LogP contribution in [0.1, 0.15) is 31.2 Å². The highest BCUT2D eigenvalue weighted by molar-refractivity contribution is 5.14. The van der Waals surface area contributed by atoms with E-state index in [4.69, 9.17) is 0 Å². The largest absolute Gasteiger partial charge is 0.252 e. The molecule has 1 aromatic rings. The number of hydrogen-bond acceptors (Lipinski definition) is 2. The Morgan fingerprint density at radius 1 is 1.21 bits per heavy atom. The normalized spacial score (nSPS) is 35.4. The molecule has 1 heterocycles. The van der Waals surface area contributed by atoms with Crippen molar-refractivity contribution in [2.75, 3.05) is 0 Å². The fourth-order valence-electron chi connectivity index (χ4n) is 3.12. The molecule has 3 unspecified atom stereocenters. The van der Waals surface area contributed by atoms with Gasteiger partial charge in [0.2, 0.25) is 0 Å². The summed E-state index contributed by atoms with van der Waals surface area (Å²) in [7, 11) is 2.02. The van der Waals surface area contributed by atoms with E-state index in [1.807, 2.05) is 11.7 Å². The molecular weight excluding hydrogens is 174 g/mol. The molecule has 76 valence electrons. The van der Waals surface area contributed by atoms with E-state index in [2.05, 4.69) is 17.2 Å². The molecule has 1 saturated carbocycles. The third-order valence-corrected chi connectivity index (χ3v) is 4.21. The zero-order valence-corrected chi connectivity index (χ0v) is 8.90. The van der Waals surface area contributed by atoms with E-state index in [0.717, 1.165) is 24.2 Å². The molecule has 0 amide bonds. The SMILES string of the molecule is CC1C2CCc3nnn(C)c3CCC12. The summed E-state index contributed by atoms with van der Waals surface area (Å²) in [5.74, 6) is 2.96. The van der Waals surface area contributed by atoms with Gasteiger partial charge in [-0.3, -0.25) is 4.68 Å². The zero-order valence-electron chi connectivity index (χ0n) is 8.90. The number of aromatic nitrogens is 3. The van der Waals surface area contributed by atoms with Crippen molar-refractivity contribution < 1.29 is 0 Å². The Hall–Kier alpha value is -0.860. The van der Waals surface area contributed by atoms with Gasteiger partial charge in [0.1, 0.15) is 0 Å². The minimum absolute atomic E-state index is 0.970. The molecule has 1 fully saturated rings. The van der Waals surface area contributed by atoms with Crippen LogP contribution in [0.5, 0.6) is 0 Å². The maximum Gasteiger partial charge on any atom is 0.0859 e. The lowest BCUT2D eigenvalue weighted by Gasteiger charge is -2.07. The highest BCUT2D eigenvalue weighted by Gasteiger charge is 2.46. The van der Waals surface area contributed by atoms with Crippen molar-refractivity contribution >= 4 is 0 Å². The third-order valence-electron chi connectivity index (χ3n) is 4.21. The van der Waals surface area contributed by atoms with E-state index < -0.39 is 0 Å². The Morgan fingerprint density at radius 3 is 2.71 bits per heavy atom. The van der Waals surface area contributed by atoms with E-state index in [0.29, 0.717) is 0 Å². The van der Waals surface area contributed by atoms with Gasteiger partial charge in [-0.25, -0.2) is 0 Å². The monoisotopic (exact) mass is 191 g/mol. The molecule has 1 aromatic heterocycles. The van der Waals surface area contributed by atoms with Crippen LogP contribution < -0.4 is 0 Å². The Balaban J connectivity index is 1.87. The summed E-state index contributed by atoms with van der Waals surface area (Å²) in [6, 6.07) is 0. The van der Waals surface area contributed by atoms with Gasteiger partial charge in [0.15, 0.2) is 0 Å². The molecule has 14 heavy (non-hydrogen) atoms. The third kappa shape index (κ3) is 1.11. The molecule has 3 nitrogen and oxygen atoms in total. The van der Waals surface area contributed by atoms with Gasteiger partial charge in [0.25, 0.3) is 0 Å². The number of aryl methyl sites for hydroxylation is 2. The molecule has 0 N–H and O–H groups in total. The maximum atomic E-state index is 4.25. The van der Waals surface area contributed by atoms with Gasteiger partial charge in [-0.2, -0.15) is 0 Å². The standard InChI is InChI=1S/C11H17N3/c1-7-8-3-5-10-11(6-4-9(7)8)14(2)13-12-10/h7-9H,3-6H2,1-2H3. The second kappa shape index (κ2) is 2.81. The average molecular weight is 191 g/mol. The summed E-state index contributed by atoms with van der Waals surface area (Å²) in [5, 5.41) is 8.36. The highest BCUT2D eigenvalue weighted by atomic mass is 15.4. The molecule has 0 aromatic carbocycles. The van der Waals surface area contributed by atoms with E-state index in [-0.39, 0.29) is 0 Å². The Bertz CT molecular complexity index is 355. The van der Waals surface area contributed by atoms with Crippen LogP contribution in [0.3, 0.4) is 0 Å². The first-order chi connectivity index (χ1) is 6.77. The van der Waals surface area contributed by atoms with Gasteiger partial charge in [-0.05, 0) is 43.4 Å². The fourth-order valence-corrected chi connectivity index (χ4v) is 3.12. The quantitative estimate of drug-likeness (QED) is 0.623. The highest BCUT2D eigenvalue weighted by Crippen LogP contribution is 2.52. The molecule has 0 radical (unpaired) electrons. The maximum absolute atomic E-state index is 4.25. The van der Waals surface area contributed by atoms with E-state index in [1.165, 1.54) is 30.7 Å². The summed E-state index contributed by atoms with van der Waals surface area (Å²) >= 11 is 0. The molecule has 0 bridgehead atoms. The van der Waals surface area contributed by atoms with Gasteiger partial charge < -0.3 is 0 Å². The first kappa shape index (κ1) is 8.45. The topological polar surface area (TPSA) is 30.7 Å². The Kier molecular flexibility index (Phi) is 1.70. The van der Waals surface area contributed by atoms with Crippen molar-refractivity contribution in [2.24, 2.45) is 24.8 Å². The van der Waals surface area contributed by atoms with Crippen molar-refractivity contribution in [3.05, 3.63) is 11.4 Å². The van der Waals surface area contributed by atoms with Crippen LogP contribution in [0.25, 0.3) is 0 Å².